The van der Waals surface area contributed by atoms with Crippen molar-refractivity contribution in [3.8, 4) is 0 Å². The van der Waals surface area contributed by atoms with Crippen LogP contribution in [0.4, 0.5) is 5.69 Å². The normalized spacial score (nSPS) is 11.1. The summed E-state index contributed by atoms with van der Waals surface area (Å²) in [7, 11) is 0. The van der Waals surface area contributed by atoms with Crippen LogP contribution in [-0.2, 0) is 0 Å². The number of non-ortho nitro benzene ring substituents is 1. The van der Waals surface area contributed by atoms with Gasteiger partial charge in [-0.15, -0.1) is 0 Å². The second kappa shape index (κ2) is 7.13. The van der Waals surface area contributed by atoms with Crippen LogP contribution in [0.15, 0.2) is 66.8 Å². The topological polar surface area (TPSA) is 60.2 Å². The number of benzene rings is 2. The highest BCUT2D eigenvalue weighted by molar-refractivity contribution is 6.04. The summed E-state index contributed by atoms with van der Waals surface area (Å²) in [5.41, 5.74) is 2.64. The summed E-state index contributed by atoms with van der Waals surface area (Å²) < 4.78 is 0. The van der Waals surface area contributed by atoms with E-state index >= 15 is 0 Å². The zero-order chi connectivity index (χ0) is 15.9. The summed E-state index contributed by atoms with van der Waals surface area (Å²) in [5, 5.41) is 10.5. The molecular weight excluding hydrogens is 278 g/mol. The molecule has 0 amide bonds. The number of ketones is 1. The molecule has 0 spiro atoms. The number of nitro benzene ring substituents is 1. The maximum atomic E-state index is 11.9. The predicted octanol–water partition coefficient (Wildman–Crippen LogP) is 4.36. The molecule has 0 radical (unpaired) electrons. The van der Waals surface area contributed by atoms with Gasteiger partial charge in [-0.1, -0.05) is 48.1 Å². The fourth-order valence-corrected chi connectivity index (χ4v) is 1.83. The molecule has 2 aromatic rings. The van der Waals surface area contributed by atoms with Crippen LogP contribution >= 0.6 is 0 Å². The van der Waals surface area contributed by atoms with Crippen LogP contribution in [0.25, 0.3) is 6.08 Å². The third kappa shape index (κ3) is 4.24. The van der Waals surface area contributed by atoms with E-state index in [-0.39, 0.29) is 11.5 Å². The van der Waals surface area contributed by atoms with Crippen molar-refractivity contribution in [1.82, 2.24) is 0 Å². The molecule has 22 heavy (non-hydrogen) atoms. The maximum absolute atomic E-state index is 11.9. The number of hydrogen-bond donors (Lipinski definition) is 0. The lowest BCUT2D eigenvalue weighted by molar-refractivity contribution is -0.384. The summed E-state index contributed by atoms with van der Waals surface area (Å²) >= 11 is 0. The number of aryl methyl sites for hydroxylation is 1. The molecular formula is C18H15NO3. The summed E-state index contributed by atoms with van der Waals surface area (Å²) in [4.78, 5) is 21.9. The van der Waals surface area contributed by atoms with E-state index in [4.69, 9.17) is 0 Å². The average molecular weight is 293 g/mol. The Labute approximate surface area is 128 Å². The first kappa shape index (κ1) is 15.4. The molecule has 0 fully saturated rings. The summed E-state index contributed by atoms with van der Waals surface area (Å²) in [5.74, 6) is -0.191. The van der Waals surface area contributed by atoms with Gasteiger partial charge in [-0.25, -0.2) is 0 Å². The van der Waals surface area contributed by atoms with Crippen molar-refractivity contribution in [2.45, 2.75) is 6.92 Å². The highest BCUT2D eigenvalue weighted by Crippen LogP contribution is 2.12. The fourth-order valence-electron chi connectivity index (χ4n) is 1.83. The van der Waals surface area contributed by atoms with Crippen LogP contribution in [-0.4, -0.2) is 10.7 Å². The maximum Gasteiger partial charge on any atom is 0.269 e. The first-order valence-electron chi connectivity index (χ1n) is 6.76. The minimum absolute atomic E-state index is 0.0280. The van der Waals surface area contributed by atoms with Crippen LogP contribution in [0.1, 0.15) is 21.5 Å². The number of carbonyl (C=O) groups is 1. The van der Waals surface area contributed by atoms with Crippen LogP contribution < -0.4 is 0 Å². The molecule has 0 aliphatic carbocycles. The molecule has 0 bridgehead atoms. The van der Waals surface area contributed by atoms with E-state index in [1.807, 2.05) is 37.3 Å². The Morgan fingerprint density at radius 2 is 1.64 bits per heavy atom. The summed E-state index contributed by atoms with van der Waals surface area (Å²) in [6, 6.07) is 13.6. The number of carbonyl (C=O) groups excluding carboxylic acids is 1. The van der Waals surface area contributed by atoms with Crippen LogP contribution in [0.3, 0.4) is 0 Å². The van der Waals surface area contributed by atoms with Crippen molar-refractivity contribution < 1.29 is 9.72 Å². The third-order valence-electron chi connectivity index (χ3n) is 3.09. The molecule has 0 saturated heterocycles. The molecule has 0 atom stereocenters. The molecule has 2 rings (SSSR count). The van der Waals surface area contributed by atoms with E-state index in [0.717, 1.165) is 5.56 Å². The molecule has 110 valence electrons. The molecule has 4 nitrogen and oxygen atoms in total. The van der Waals surface area contributed by atoms with Crippen molar-refractivity contribution in [3.63, 3.8) is 0 Å². The first-order chi connectivity index (χ1) is 10.6. The highest BCUT2D eigenvalue weighted by atomic mass is 16.6. The molecule has 0 unspecified atom stereocenters. The molecule has 2 aromatic carbocycles. The summed E-state index contributed by atoms with van der Waals surface area (Å²) in [6.07, 6.45) is 6.78. The van der Waals surface area contributed by atoms with Gasteiger partial charge in [-0.05, 0) is 30.7 Å². The lowest BCUT2D eigenvalue weighted by atomic mass is 10.1. The number of allylic oxidation sites excluding steroid dienone is 3. The monoisotopic (exact) mass is 293 g/mol. The first-order valence-corrected chi connectivity index (χ1v) is 6.76. The van der Waals surface area contributed by atoms with E-state index < -0.39 is 4.92 Å². The zero-order valence-electron chi connectivity index (χ0n) is 12.1. The molecule has 0 aliphatic heterocycles. The van der Waals surface area contributed by atoms with Gasteiger partial charge >= 0.3 is 0 Å². The van der Waals surface area contributed by atoms with E-state index in [1.54, 1.807) is 12.2 Å². The van der Waals surface area contributed by atoms with Gasteiger partial charge in [0, 0.05) is 17.7 Å². The Morgan fingerprint density at radius 3 is 2.23 bits per heavy atom. The largest absolute Gasteiger partial charge is 0.289 e. The second-order valence-electron chi connectivity index (χ2n) is 4.80. The SMILES string of the molecule is Cc1ccc(C=CC=CC(=O)c2ccc([N+](=O)[O-])cc2)cc1. The van der Waals surface area contributed by atoms with Gasteiger partial charge in [0.05, 0.1) is 4.92 Å². The number of hydrogen-bond acceptors (Lipinski definition) is 3. The number of rotatable bonds is 5. The molecule has 0 saturated carbocycles. The van der Waals surface area contributed by atoms with Crippen molar-refractivity contribution in [3.05, 3.63) is 93.6 Å². The number of nitro groups is 1. The van der Waals surface area contributed by atoms with E-state index in [1.165, 1.54) is 35.9 Å². The smallest absolute Gasteiger partial charge is 0.269 e. The molecule has 0 N–H and O–H groups in total. The van der Waals surface area contributed by atoms with Gasteiger partial charge < -0.3 is 0 Å². The fraction of sp³-hybridized carbons (Fsp3) is 0.0556. The van der Waals surface area contributed by atoms with Gasteiger partial charge in [0.25, 0.3) is 5.69 Å². The second-order valence-corrected chi connectivity index (χ2v) is 4.80. The van der Waals surface area contributed by atoms with Crippen molar-refractivity contribution in [2.75, 3.05) is 0 Å². The molecule has 0 heterocycles. The minimum atomic E-state index is -0.492. The van der Waals surface area contributed by atoms with E-state index in [2.05, 4.69) is 0 Å². The Kier molecular flexibility index (Phi) is 4.98. The third-order valence-corrected chi connectivity index (χ3v) is 3.09. The van der Waals surface area contributed by atoms with Crippen molar-refractivity contribution in [2.24, 2.45) is 0 Å². The van der Waals surface area contributed by atoms with Crippen LogP contribution in [0.5, 0.6) is 0 Å². The Hall–Kier alpha value is -3.01. The van der Waals surface area contributed by atoms with Gasteiger partial charge in [-0.2, -0.15) is 0 Å². The lowest BCUT2D eigenvalue weighted by Gasteiger charge is -1.95. The lowest BCUT2D eigenvalue weighted by Crippen LogP contribution is -1.94. The zero-order valence-corrected chi connectivity index (χ0v) is 12.1. The van der Waals surface area contributed by atoms with Crippen molar-refractivity contribution >= 4 is 17.5 Å². The molecule has 4 heteroatoms. The predicted molar refractivity (Wildman–Crippen MR) is 86.8 cm³/mol. The molecule has 0 aliphatic rings. The van der Waals surface area contributed by atoms with Gasteiger partial charge in [-0.3, -0.25) is 14.9 Å². The van der Waals surface area contributed by atoms with E-state index in [0.29, 0.717) is 5.56 Å². The summed E-state index contributed by atoms with van der Waals surface area (Å²) in [6.45, 7) is 2.02. The Bertz CT molecular complexity index is 726. The van der Waals surface area contributed by atoms with Crippen LogP contribution in [0, 0.1) is 17.0 Å². The average Bonchev–Trinajstić information content (AvgIpc) is 2.53. The minimum Gasteiger partial charge on any atom is -0.289 e. The van der Waals surface area contributed by atoms with Gasteiger partial charge in [0.2, 0.25) is 0 Å². The Morgan fingerprint density at radius 1 is 1.00 bits per heavy atom. The standard InChI is InChI=1S/C18H15NO3/c1-14-6-8-15(9-7-14)4-2-3-5-18(20)16-10-12-17(13-11-16)19(21)22/h2-13H,1H3. The van der Waals surface area contributed by atoms with Crippen molar-refractivity contribution in [1.29, 1.82) is 0 Å². The quantitative estimate of drug-likeness (QED) is 0.270. The highest BCUT2D eigenvalue weighted by Gasteiger charge is 2.06. The number of nitrogens with zero attached hydrogens (tertiary/aromatic N) is 1. The Balaban J connectivity index is 1.98. The van der Waals surface area contributed by atoms with Gasteiger partial charge in [0.1, 0.15) is 0 Å². The molecule has 0 aromatic heterocycles. The van der Waals surface area contributed by atoms with Gasteiger partial charge in [0.15, 0.2) is 5.78 Å². The van der Waals surface area contributed by atoms with Crippen LogP contribution in [0.2, 0.25) is 0 Å². The van der Waals surface area contributed by atoms with E-state index in [9.17, 15) is 14.9 Å².